The average molecular weight is 641 g/mol. The number of aryl methyl sites for hydroxylation is 1. The largest absolute Gasteiger partial charge is 0.461 e. The van der Waals surface area contributed by atoms with Gasteiger partial charge in [-0.15, -0.1) is 6.42 Å². The smallest absolute Gasteiger partial charge is 0.319 e. The molecule has 1 aromatic heterocycles. The molecule has 0 unspecified atom stereocenters. The monoisotopic (exact) mass is 640 g/mol. The van der Waals surface area contributed by atoms with Crippen molar-refractivity contribution in [2.45, 2.75) is 50.1 Å². The Morgan fingerprint density at radius 3 is 2.91 bits per heavy atom. The number of nitriles is 1. The van der Waals surface area contributed by atoms with Crippen LogP contribution in [0.5, 0.6) is 6.01 Å². The van der Waals surface area contributed by atoms with Crippen molar-refractivity contribution in [3.8, 4) is 35.6 Å². The van der Waals surface area contributed by atoms with E-state index in [4.69, 9.17) is 34.3 Å². The number of rotatable bonds is 5. The SMILES string of the molecule is [2H]C([2H])(Oc1nc(N2CCOC[C@H]3[C@H](F)[C@H]32)c2cc(C#N)c(-c3cc(N)cc4ccc(F)c(C#C)c34)c(C)c2n1)[C@@]12CCCN1C[C@H](F)C2. The maximum atomic E-state index is 15.1. The standard InChI is InChI=1S/C36H33F3N6O2/c1-3-24-28(38)6-5-20-11-23(41)13-25(30(20)24)29-19(2)32-26(12-21(29)15-40)34(45-9-10-46-17-27-31(39)33(27)45)43-35(42-32)47-18-36-7-4-8-44(36)16-22(37)14-36/h1,5-6,11-13,22,27,31,33H,4,7-10,14,16-18,41H2,2H3/t22-,27+,31+,33+,36+/m1/s1/i18D2. The van der Waals surface area contributed by atoms with Crippen LogP contribution in [-0.2, 0) is 4.74 Å². The van der Waals surface area contributed by atoms with Gasteiger partial charge in [0.25, 0.3) is 0 Å². The van der Waals surface area contributed by atoms with E-state index in [-0.39, 0.29) is 55.0 Å². The van der Waals surface area contributed by atoms with Gasteiger partial charge >= 0.3 is 6.01 Å². The number of anilines is 2. The number of ether oxygens (including phenoxy) is 2. The van der Waals surface area contributed by atoms with E-state index in [1.54, 1.807) is 36.1 Å². The van der Waals surface area contributed by atoms with Crippen LogP contribution in [0.3, 0.4) is 0 Å². The zero-order chi connectivity index (χ0) is 34.4. The van der Waals surface area contributed by atoms with Gasteiger partial charge in [-0.1, -0.05) is 12.0 Å². The van der Waals surface area contributed by atoms with Crippen LogP contribution in [0.2, 0.25) is 0 Å². The summed E-state index contributed by atoms with van der Waals surface area (Å²) >= 11 is 0. The van der Waals surface area contributed by atoms with Crippen LogP contribution < -0.4 is 15.4 Å². The van der Waals surface area contributed by atoms with Gasteiger partial charge in [0.1, 0.15) is 30.5 Å². The normalized spacial score (nSPS) is 27.8. The van der Waals surface area contributed by atoms with Crippen molar-refractivity contribution in [2.24, 2.45) is 5.92 Å². The molecular weight excluding hydrogens is 605 g/mol. The van der Waals surface area contributed by atoms with Gasteiger partial charge in [0.2, 0.25) is 0 Å². The third-order valence-corrected chi connectivity index (χ3v) is 10.2. The first-order valence-electron chi connectivity index (χ1n) is 16.8. The summed E-state index contributed by atoms with van der Waals surface area (Å²) in [5.41, 5.74) is 7.31. The maximum Gasteiger partial charge on any atom is 0.319 e. The maximum absolute atomic E-state index is 15.1. The quantitative estimate of drug-likeness (QED) is 0.227. The minimum Gasteiger partial charge on any atom is -0.461 e. The van der Waals surface area contributed by atoms with E-state index in [1.165, 1.54) is 6.07 Å². The fraction of sp³-hybridized carbons (Fsp3) is 0.417. The highest BCUT2D eigenvalue weighted by Crippen LogP contribution is 2.47. The lowest BCUT2D eigenvalue weighted by atomic mass is 9.87. The van der Waals surface area contributed by atoms with E-state index in [1.807, 2.05) is 4.90 Å². The van der Waals surface area contributed by atoms with Crippen LogP contribution in [0, 0.1) is 42.3 Å². The zero-order valence-corrected chi connectivity index (χ0v) is 25.7. The van der Waals surface area contributed by atoms with Crippen LogP contribution >= 0.6 is 0 Å². The zero-order valence-electron chi connectivity index (χ0n) is 27.7. The summed E-state index contributed by atoms with van der Waals surface area (Å²) in [6.45, 7) is 0.871. The van der Waals surface area contributed by atoms with Crippen molar-refractivity contribution in [3.63, 3.8) is 0 Å². The Labute approximate surface area is 273 Å². The van der Waals surface area contributed by atoms with Crippen LogP contribution in [0.25, 0.3) is 32.8 Å². The molecule has 8 rings (SSSR count). The molecule has 0 amide bonds. The third-order valence-electron chi connectivity index (χ3n) is 10.2. The summed E-state index contributed by atoms with van der Waals surface area (Å²) in [6.07, 6.45) is 4.50. The van der Waals surface area contributed by atoms with E-state index < -0.39 is 36.3 Å². The van der Waals surface area contributed by atoms with Gasteiger partial charge in [0.05, 0.1) is 50.2 Å². The first-order valence-corrected chi connectivity index (χ1v) is 15.8. The van der Waals surface area contributed by atoms with Crippen molar-refractivity contribution in [1.29, 1.82) is 5.26 Å². The molecule has 0 radical (unpaired) electrons. The van der Waals surface area contributed by atoms with Crippen molar-refractivity contribution in [2.75, 3.05) is 50.0 Å². The average Bonchev–Trinajstić information content (AvgIpc) is 3.42. The van der Waals surface area contributed by atoms with E-state index >= 15 is 8.78 Å². The number of nitrogen functional groups attached to an aromatic ring is 1. The Morgan fingerprint density at radius 2 is 2.11 bits per heavy atom. The molecule has 8 nitrogen and oxygen atoms in total. The number of nitrogens with two attached hydrogens (primary N) is 1. The predicted molar refractivity (Wildman–Crippen MR) is 173 cm³/mol. The molecule has 2 N–H and O–H groups in total. The van der Waals surface area contributed by atoms with Crippen LogP contribution in [0.1, 0.15) is 38.7 Å². The summed E-state index contributed by atoms with van der Waals surface area (Å²) < 4.78 is 75.0. The molecule has 47 heavy (non-hydrogen) atoms. The molecule has 11 heteroatoms. The summed E-state index contributed by atoms with van der Waals surface area (Å²) in [4.78, 5) is 13.0. The number of benzene rings is 3. The molecule has 3 aliphatic heterocycles. The van der Waals surface area contributed by atoms with Crippen molar-refractivity contribution in [1.82, 2.24) is 14.9 Å². The third kappa shape index (κ3) is 4.67. The van der Waals surface area contributed by atoms with Gasteiger partial charge in [0.15, 0.2) is 0 Å². The van der Waals surface area contributed by atoms with Crippen LogP contribution in [0.4, 0.5) is 24.7 Å². The number of alkyl halides is 2. The molecule has 3 saturated heterocycles. The molecule has 3 aromatic carbocycles. The Bertz CT molecular complexity index is 2140. The fourth-order valence-corrected chi connectivity index (χ4v) is 7.98. The van der Waals surface area contributed by atoms with Crippen molar-refractivity contribution < 1.29 is 25.4 Å². The lowest BCUT2D eigenvalue weighted by Gasteiger charge is -2.31. The van der Waals surface area contributed by atoms with E-state index in [9.17, 15) is 9.65 Å². The highest BCUT2D eigenvalue weighted by atomic mass is 19.1. The molecule has 4 aliphatic rings. The van der Waals surface area contributed by atoms with Gasteiger partial charge < -0.3 is 20.1 Å². The Morgan fingerprint density at radius 1 is 1.26 bits per heavy atom. The van der Waals surface area contributed by atoms with Crippen molar-refractivity contribution in [3.05, 3.63) is 52.8 Å². The minimum absolute atomic E-state index is 0.0120. The molecule has 1 saturated carbocycles. The Kier molecular flexibility index (Phi) is 6.44. The number of hydrogen-bond donors (Lipinski definition) is 1. The first-order chi connectivity index (χ1) is 23.5. The highest BCUT2D eigenvalue weighted by molar-refractivity contribution is 6.07. The summed E-state index contributed by atoms with van der Waals surface area (Å²) in [7, 11) is 0. The van der Waals surface area contributed by atoms with E-state index in [0.717, 1.165) is 0 Å². The van der Waals surface area contributed by atoms with Crippen LogP contribution in [0.15, 0.2) is 30.3 Å². The lowest BCUT2D eigenvalue weighted by molar-refractivity contribution is 0.107. The summed E-state index contributed by atoms with van der Waals surface area (Å²) in [6, 6.07) is 9.16. The molecule has 240 valence electrons. The second-order valence-electron chi connectivity index (χ2n) is 12.9. The summed E-state index contributed by atoms with van der Waals surface area (Å²) in [5, 5.41) is 11.9. The van der Waals surface area contributed by atoms with Gasteiger partial charge in [-0.2, -0.15) is 15.2 Å². The molecule has 4 fully saturated rings. The Balaban J connectivity index is 1.37. The summed E-state index contributed by atoms with van der Waals surface area (Å²) in [5.74, 6) is 1.74. The molecule has 0 bridgehead atoms. The van der Waals surface area contributed by atoms with Gasteiger partial charge in [0, 0.05) is 47.5 Å². The number of halogens is 3. The van der Waals surface area contributed by atoms with Gasteiger partial charge in [-0.3, -0.25) is 4.90 Å². The molecule has 4 heterocycles. The molecule has 5 atom stereocenters. The first kappa shape index (κ1) is 27.5. The molecule has 0 spiro atoms. The van der Waals surface area contributed by atoms with Gasteiger partial charge in [-0.25, -0.2) is 13.2 Å². The van der Waals surface area contributed by atoms with Crippen molar-refractivity contribution >= 4 is 33.2 Å². The second kappa shape index (κ2) is 11.0. The molecule has 4 aromatic rings. The van der Waals surface area contributed by atoms with Crippen LogP contribution in [-0.4, -0.2) is 78.2 Å². The number of hydrogen-bond acceptors (Lipinski definition) is 8. The fourth-order valence-electron chi connectivity index (χ4n) is 7.98. The van der Waals surface area contributed by atoms with E-state index in [2.05, 4.69) is 12.0 Å². The molecule has 1 aliphatic carbocycles. The number of nitrogens with zero attached hydrogens (tertiary/aromatic N) is 5. The lowest BCUT2D eigenvalue weighted by Crippen LogP contribution is -2.43. The topological polar surface area (TPSA) is 101 Å². The number of terminal acetylenes is 1. The number of aromatic nitrogens is 2. The molecular formula is C36H33F3N6O2. The predicted octanol–water partition coefficient (Wildman–Crippen LogP) is 5.46. The second-order valence-corrected chi connectivity index (χ2v) is 12.9. The van der Waals surface area contributed by atoms with Gasteiger partial charge in [-0.05, 0) is 67.1 Å². The number of fused-ring (bicyclic) bond motifs is 4. The Hall–Kier alpha value is -4.58. The highest BCUT2D eigenvalue weighted by Gasteiger charge is 2.56. The van der Waals surface area contributed by atoms with E-state index in [0.29, 0.717) is 70.0 Å². The minimum atomic E-state index is -2.38.